The minimum atomic E-state index is 0.201. The summed E-state index contributed by atoms with van der Waals surface area (Å²) in [5, 5.41) is 4.69. The van der Waals surface area contributed by atoms with E-state index in [1.54, 1.807) is 6.07 Å². The third-order valence-corrected chi connectivity index (χ3v) is 3.79. The molecule has 1 unspecified atom stereocenters. The molecule has 1 N–H and O–H groups in total. The third kappa shape index (κ3) is 3.99. The Hall–Kier alpha value is -1.02. The summed E-state index contributed by atoms with van der Waals surface area (Å²) in [6, 6.07) is 12.5. The summed E-state index contributed by atoms with van der Waals surface area (Å²) >= 11 is 12.2. The molecular formula is C17H19Cl2N. The van der Waals surface area contributed by atoms with Crippen LogP contribution in [0, 0.1) is 13.8 Å². The van der Waals surface area contributed by atoms with Crippen LogP contribution in [0.2, 0.25) is 10.0 Å². The van der Waals surface area contributed by atoms with Gasteiger partial charge in [0.25, 0.3) is 0 Å². The lowest BCUT2D eigenvalue weighted by molar-refractivity contribution is 0.592. The fourth-order valence-corrected chi connectivity index (χ4v) is 3.13. The lowest BCUT2D eigenvalue weighted by atomic mass is 9.96. The molecule has 2 aromatic carbocycles. The smallest absolute Gasteiger partial charge is 0.0424 e. The van der Waals surface area contributed by atoms with Crippen molar-refractivity contribution in [2.24, 2.45) is 0 Å². The minimum Gasteiger partial charge on any atom is -0.313 e. The number of aryl methyl sites for hydroxylation is 2. The first-order valence-electron chi connectivity index (χ1n) is 6.68. The molecule has 20 heavy (non-hydrogen) atoms. The molecular weight excluding hydrogens is 289 g/mol. The summed E-state index contributed by atoms with van der Waals surface area (Å²) in [5.41, 5.74) is 5.01. The van der Waals surface area contributed by atoms with Gasteiger partial charge in [-0.15, -0.1) is 0 Å². The minimum absolute atomic E-state index is 0.201. The van der Waals surface area contributed by atoms with Crippen molar-refractivity contribution in [2.45, 2.75) is 26.3 Å². The van der Waals surface area contributed by atoms with E-state index in [0.717, 1.165) is 12.0 Å². The number of hydrogen-bond donors (Lipinski definition) is 1. The number of hydrogen-bond acceptors (Lipinski definition) is 1. The summed E-state index contributed by atoms with van der Waals surface area (Å²) < 4.78 is 0. The van der Waals surface area contributed by atoms with Gasteiger partial charge in [-0.2, -0.15) is 0 Å². The standard InChI is InChI=1S/C17H19Cl2N/c1-11-4-12(2)6-13(5-11)7-17(20-3)14-8-15(18)10-16(19)9-14/h4-6,8-10,17,20H,7H2,1-3H3. The van der Waals surface area contributed by atoms with Crippen molar-refractivity contribution in [3.63, 3.8) is 0 Å². The first kappa shape index (κ1) is 15.4. The molecule has 0 heterocycles. The second-order valence-electron chi connectivity index (χ2n) is 5.24. The van der Waals surface area contributed by atoms with Crippen molar-refractivity contribution in [2.75, 3.05) is 7.05 Å². The van der Waals surface area contributed by atoms with Crippen molar-refractivity contribution < 1.29 is 0 Å². The Morgan fingerprint density at radius 1 is 0.900 bits per heavy atom. The van der Waals surface area contributed by atoms with Gasteiger partial charge in [0.15, 0.2) is 0 Å². The van der Waals surface area contributed by atoms with Crippen molar-refractivity contribution in [1.82, 2.24) is 5.32 Å². The molecule has 2 rings (SSSR count). The molecule has 0 radical (unpaired) electrons. The molecule has 3 heteroatoms. The van der Waals surface area contributed by atoms with Crippen LogP contribution in [0.1, 0.15) is 28.3 Å². The van der Waals surface area contributed by atoms with Gasteiger partial charge in [-0.3, -0.25) is 0 Å². The Balaban J connectivity index is 2.28. The highest BCUT2D eigenvalue weighted by Crippen LogP contribution is 2.26. The number of halogens is 2. The molecule has 0 saturated carbocycles. The zero-order valence-corrected chi connectivity index (χ0v) is 13.5. The summed E-state index contributed by atoms with van der Waals surface area (Å²) in [4.78, 5) is 0. The second-order valence-corrected chi connectivity index (χ2v) is 6.12. The topological polar surface area (TPSA) is 12.0 Å². The van der Waals surface area contributed by atoms with Gasteiger partial charge in [0.05, 0.1) is 0 Å². The predicted octanol–water partition coefficient (Wildman–Crippen LogP) is 5.11. The van der Waals surface area contributed by atoms with Crippen molar-refractivity contribution in [3.8, 4) is 0 Å². The molecule has 0 aliphatic carbocycles. The van der Waals surface area contributed by atoms with Crippen LogP contribution in [-0.4, -0.2) is 7.05 Å². The SMILES string of the molecule is CNC(Cc1cc(C)cc(C)c1)c1cc(Cl)cc(Cl)c1. The first-order chi connectivity index (χ1) is 9.47. The number of nitrogens with one attached hydrogen (secondary N) is 1. The quantitative estimate of drug-likeness (QED) is 0.827. The Kier molecular flexibility index (Phi) is 5.09. The summed E-state index contributed by atoms with van der Waals surface area (Å²) in [7, 11) is 1.96. The Bertz CT molecular complexity index is 567. The summed E-state index contributed by atoms with van der Waals surface area (Å²) in [6.45, 7) is 4.25. The van der Waals surface area contributed by atoms with E-state index in [4.69, 9.17) is 23.2 Å². The normalized spacial score (nSPS) is 12.4. The molecule has 2 aromatic rings. The predicted molar refractivity (Wildman–Crippen MR) is 87.9 cm³/mol. The van der Waals surface area contributed by atoms with Crippen LogP contribution in [0.25, 0.3) is 0 Å². The van der Waals surface area contributed by atoms with E-state index in [9.17, 15) is 0 Å². The number of benzene rings is 2. The maximum absolute atomic E-state index is 6.09. The maximum atomic E-state index is 6.09. The van der Waals surface area contributed by atoms with Gasteiger partial charge >= 0.3 is 0 Å². The Labute approximate surface area is 130 Å². The van der Waals surface area contributed by atoms with E-state index < -0.39 is 0 Å². The molecule has 0 aliphatic heterocycles. The Morgan fingerprint density at radius 3 is 1.95 bits per heavy atom. The van der Waals surface area contributed by atoms with E-state index in [1.165, 1.54) is 16.7 Å². The third-order valence-electron chi connectivity index (χ3n) is 3.36. The van der Waals surface area contributed by atoms with Gasteiger partial charge in [-0.1, -0.05) is 52.5 Å². The van der Waals surface area contributed by atoms with Crippen LogP contribution in [0.4, 0.5) is 0 Å². The molecule has 0 aliphatic rings. The van der Waals surface area contributed by atoms with Crippen LogP contribution in [0.15, 0.2) is 36.4 Å². The summed E-state index contributed by atoms with van der Waals surface area (Å²) in [6.07, 6.45) is 0.912. The molecule has 1 atom stereocenters. The van der Waals surface area contributed by atoms with E-state index in [-0.39, 0.29) is 6.04 Å². The zero-order chi connectivity index (χ0) is 14.7. The monoisotopic (exact) mass is 307 g/mol. The van der Waals surface area contributed by atoms with Gasteiger partial charge in [0.2, 0.25) is 0 Å². The lowest BCUT2D eigenvalue weighted by Crippen LogP contribution is -2.19. The average Bonchev–Trinajstić information content (AvgIpc) is 2.33. The van der Waals surface area contributed by atoms with Gasteiger partial charge in [0, 0.05) is 16.1 Å². The highest BCUT2D eigenvalue weighted by molar-refractivity contribution is 6.34. The highest BCUT2D eigenvalue weighted by atomic mass is 35.5. The van der Waals surface area contributed by atoms with Crippen molar-refractivity contribution in [3.05, 3.63) is 68.7 Å². The van der Waals surface area contributed by atoms with Gasteiger partial charge in [-0.25, -0.2) is 0 Å². The largest absolute Gasteiger partial charge is 0.313 e. The molecule has 0 spiro atoms. The van der Waals surface area contributed by atoms with Crippen LogP contribution < -0.4 is 5.32 Å². The van der Waals surface area contributed by atoms with Gasteiger partial charge in [0.1, 0.15) is 0 Å². The Morgan fingerprint density at radius 2 is 1.45 bits per heavy atom. The summed E-state index contributed by atoms with van der Waals surface area (Å²) in [5.74, 6) is 0. The van der Waals surface area contributed by atoms with Crippen molar-refractivity contribution in [1.29, 1.82) is 0 Å². The molecule has 0 amide bonds. The highest BCUT2D eigenvalue weighted by Gasteiger charge is 2.12. The molecule has 1 nitrogen and oxygen atoms in total. The van der Waals surface area contributed by atoms with Crippen LogP contribution in [0.5, 0.6) is 0 Å². The molecule has 0 aromatic heterocycles. The van der Waals surface area contributed by atoms with E-state index >= 15 is 0 Å². The van der Waals surface area contributed by atoms with Gasteiger partial charge < -0.3 is 5.32 Å². The molecule has 0 saturated heterocycles. The fraction of sp³-hybridized carbons (Fsp3) is 0.294. The van der Waals surface area contributed by atoms with E-state index in [2.05, 4.69) is 37.4 Å². The second kappa shape index (κ2) is 6.62. The average molecular weight is 308 g/mol. The molecule has 0 fully saturated rings. The van der Waals surface area contributed by atoms with E-state index in [1.807, 2.05) is 19.2 Å². The lowest BCUT2D eigenvalue weighted by Gasteiger charge is -2.18. The number of likely N-dealkylation sites (N-methyl/N-ethyl adjacent to an activating group) is 1. The van der Waals surface area contributed by atoms with Crippen molar-refractivity contribution >= 4 is 23.2 Å². The van der Waals surface area contributed by atoms with Crippen LogP contribution in [0.3, 0.4) is 0 Å². The van der Waals surface area contributed by atoms with Crippen LogP contribution in [-0.2, 0) is 6.42 Å². The molecule has 106 valence electrons. The maximum Gasteiger partial charge on any atom is 0.0424 e. The zero-order valence-electron chi connectivity index (χ0n) is 12.0. The number of rotatable bonds is 4. The van der Waals surface area contributed by atoms with Gasteiger partial charge in [-0.05, 0) is 56.6 Å². The molecule has 0 bridgehead atoms. The van der Waals surface area contributed by atoms with Crippen LogP contribution >= 0.6 is 23.2 Å². The van der Waals surface area contributed by atoms with E-state index in [0.29, 0.717) is 10.0 Å². The first-order valence-corrected chi connectivity index (χ1v) is 7.44. The fourth-order valence-electron chi connectivity index (χ4n) is 2.59.